The molecule has 1 aliphatic rings. The molecular formula is C19H22N2O2. The molecule has 0 saturated carbocycles. The molecule has 4 heteroatoms. The predicted octanol–water partition coefficient (Wildman–Crippen LogP) is 4.51. The van der Waals surface area contributed by atoms with Crippen molar-refractivity contribution in [2.45, 2.75) is 33.3 Å². The molecule has 1 fully saturated rings. The van der Waals surface area contributed by atoms with Crippen molar-refractivity contribution in [1.82, 2.24) is 4.98 Å². The van der Waals surface area contributed by atoms with Crippen LogP contribution in [-0.4, -0.2) is 23.2 Å². The minimum atomic E-state index is -0.524. The van der Waals surface area contributed by atoms with Gasteiger partial charge >= 0.3 is 6.09 Å². The van der Waals surface area contributed by atoms with E-state index >= 15 is 0 Å². The zero-order valence-electron chi connectivity index (χ0n) is 14.0. The number of benzene rings is 1. The van der Waals surface area contributed by atoms with Gasteiger partial charge in [-0.15, -0.1) is 0 Å². The van der Waals surface area contributed by atoms with Crippen LogP contribution in [-0.2, 0) is 4.74 Å². The summed E-state index contributed by atoms with van der Waals surface area (Å²) in [6.45, 7) is 8.72. The molecule has 2 heterocycles. The lowest BCUT2D eigenvalue weighted by molar-refractivity contribution is -0.0152. The highest BCUT2D eigenvalue weighted by Crippen LogP contribution is 2.39. The van der Waals surface area contributed by atoms with Gasteiger partial charge in [-0.05, 0) is 24.6 Å². The van der Waals surface area contributed by atoms with E-state index in [1.54, 1.807) is 11.1 Å². The van der Waals surface area contributed by atoms with Crippen LogP contribution < -0.4 is 4.90 Å². The Morgan fingerprint density at radius 3 is 2.30 bits per heavy atom. The maximum absolute atomic E-state index is 12.3. The molecule has 4 nitrogen and oxygen atoms in total. The van der Waals surface area contributed by atoms with Crippen LogP contribution in [0.25, 0.3) is 11.1 Å². The summed E-state index contributed by atoms with van der Waals surface area (Å²) < 4.78 is 5.64. The molecule has 0 aliphatic carbocycles. The fraction of sp³-hybridized carbons (Fsp3) is 0.368. The van der Waals surface area contributed by atoms with Gasteiger partial charge in [0.05, 0.1) is 6.54 Å². The zero-order valence-corrected chi connectivity index (χ0v) is 14.0. The molecule has 2 aromatic rings. The zero-order chi connectivity index (χ0) is 16.7. The van der Waals surface area contributed by atoms with Gasteiger partial charge in [-0.1, -0.05) is 51.1 Å². The first-order chi connectivity index (χ1) is 10.8. The average Bonchev–Trinajstić information content (AvgIpc) is 2.84. The van der Waals surface area contributed by atoms with Crippen LogP contribution >= 0.6 is 0 Å². The van der Waals surface area contributed by atoms with Gasteiger partial charge in [-0.3, -0.25) is 4.90 Å². The second kappa shape index (κ2) is 5.37. The quantitative estimate of drug-likeness (QED) is 0.819. The lowest BCUT2D eigenvalue weighted by Crippen LogP contribution is -2.43. The first-order valence-electron chi connectivity index (χ1n) is 7.82. The van der Waals surface area contributed by atoms with E-state index in [1.165, 1.54) is 0 Å². The average molecular weight is 310 g/mol. The number of carbonyl (C=O) groups excluding carboxylic acids is 1. The molecule has 1 amide bonds. The molecule has 0 N–H and O–H groups in total. The number of amides is 1. The molecule has 23 heavy (non-hydrogen) atoms. The van der Waals surface area contributed by atoms with Crippen molar-refractivity contribution in [2.24, 2.45) is 5.41 Å². The van der Waals surface area contributed by atoms with Crippen molar-refractivity contribution in [3.63, 3.8) is 0 Å². The Kier molecular flexibility index (Phi) is 3.63. The van der Waals surface area contributed by atoms with Gasteiger partial charge in [-0.2, -0.15) is 0 Å². The van der Waals surface area contributed by atoms with Gasteiger partial charge in [0.2, 0.25) is 0 Å². The van der Waals surface area contributed by atoms with Gasteiger partial charge in [0.1, 0.15) is 11.4 Å². The molecule has 1 unspecified atom stereocenters. The van der Waals surface area contributed by atoms with Crippen LogP contribution in [0.5, 0.6) is 0 Å². The highest BCUT2D eigenvalue weighted by Gasteiger charge is 2.50. The Morgan fingerprint density at radius 1 is 1.09 bits per heavy atom. The molecule has 0 bridgehead atoms. The molecule has 0 spiro atoms. The normalized spacial score (nSPS) is 21.4. The van der Waals surface area contributed by atoms with Crippen LogP contribution in [0.3, 0.4) is 0 Å². The number of nitrogens with zero attached hydrogens (tertiary/aromatic N) is 2. The Morgan fingerprint density at radius 2 is 1.78 bits per heavy atom. The number of carbonyl (C=O) groups is 1. The van der Waals surface area contributed by atoms with Gasteiger partial charge in [0, 0.05) is 17.2 Å². The SMILES string of the molecule is CC(C)(C)C1(C)CN(c2ccc(-c3ccccc3)cn2)C(=O)O1. The topological polar surface area (TPSA) is 42.4 Å². The summed E-state index contributed by atoms with van der Waals surface area (Å²) in [6, 6.07) is 13.9. The van der Waals surface area contributed by atoms with Gasteiger partial charge in [0.15, 0.2) is 0 Å². The Balaban J connectivity index is 1.85. The number of cyclic esters (lactones) is 1. The highest BCUT2D eigenvalue weighted by atomic mass is 16.6. The summed E-state index contributed by atoms with van der Waals surface area (Å²) in [5.41, 5.74) is 1.47. The number of pyridine rings is 1. The third-order valence-corrected chi connectivity index (χ3v) is 4.71. The summed E-state index contributed by atoms with van der Waals surface area (Å²) in [6.07, 6.45) is 1.47. The smallest absolute Gasteiger partial charge is 0.416 e. The lowest BCUT2D eigenvalue weighted by Gasteiger charge is -2.35. The number of aromatic nitrogens is 1. The number of ether oxygens (including phenoxy) is 1. The van der Waals surface area contributed by atoms with E-state index in [4.69, 9.17) is 4.74 Å². The number of hydrogen-bond donors (Lipinski definition) is 0. The van der Waals surface area contributed by atoms with Crippen molar-refractivity contribution >= 4 is 11.9 Å². The van der Waals surface area contributed by atoms with Crippen molar-refractivity contribution in [3.05, 3.63) is 48.7 Å². The molecule has 0 radical (unpaired) electrons. The lowest BCUT2D eigenvalue weighted by atomic mass is 9.78. The molecular weight excluding hydrogens is 288 g/mol. The largest absolute Gasteiger partial charge is 0.440 e. The predicted molar refractivity (Wildman–Crippen MR) is 91.4 cm³/mol. The summed E-state index contributed by atoms with van der Waals surface area (Å²) in [4.78, 5) is 18.3. The summed E-state index contributed by atoms with van der Waals surface area (Å²) in [7, 11) is 0. The van der Waals surface area contributed by atoms with Gasteiger partial charge in [0.25, 0.3) is 0 Å². The minimum absolute atomic E-state index is 0.138. The number of anilines is 1. The maximum atomic E-state index is 12.3. The van der Waals surface area contributed by atoms with Crippen LogP contribution in [0.4, 0.5) is 10.6 Å². The molecule has 1 aliphatic heterocycles. The number of hydrogen-bond acceptors (Lipinski definition) is 3. The van der Waals surface area contributed by atoms with E-state index in [-0.39, 0.29) is 11.5 Å². The van der Waals surface area contributed by atoms with Crippen molar-refractivity contribution in [3.8, 4) is 11.1 Å². The van der Waals surface area contributed by atoms with E-state index in [1.807, 2.05) is 49.4 Å². The fourth-order valence-electron chi connectivity index (χ4n) is 2.56. The molecule has 120 valence electrons. The standard InChI is InChI=1S/C19H22N2O2/c1-18(2,3)19(4)13-21(17(22)23-19)16-11-10-15(12-20-16)14-8-6-5-7-9-14/h5-12H,13H2,1-4H3. The molecule has 1 atom stereocenters. The van der Waals surface area contributed by atoms with Crippen molar-refractivity contribution in [2.75, 3.05) is 11.4 Å². The van der Waals surface area contributed by atoms with Crippen LogP contribution in [0.15, 0.2) is 48.7 Å². The number of rotatable bonds is 2. The fourth-order valence-corrected chi connectivity index (χ4v) is 2.56. The first kappa shape index (κ1) is 15.5. The first-order valence-corrected chi connectivity index (χ1v) is 7.82. The van der Waals surface area contributed by atoms with E-state index in [0.717, 1.165) is 11.1 Å². The van der Waals surface area contributed by atoms with Crippen LogP contribution in [0.1, 0.15) is 27.7 Å². The van der Waals surface area contributed by atoms with Crippen molar-refractivity contribution in [1.29, 1.82) is 0 Å². The Labute approximate surface area is 137 Å². The van der Waals surface area contributed by atoms with E-state index in [9.17, 15) is 4.79 Å². The monoisotopic (exact) mass is 310 g/mol. The second-order valence-corrected chi connectivity index (χ2v) is 7.21. The summed E-state index contributed by atoms with van der Waals surface area (Å²) in [5.74, 6) is 0.627. The maximum Gasteiger partial charge on any atom is 0.416 e. The molecule has 1 saturated heterocycles. The Hall–Kier alpha value is -2.36. The Bertz CT molecular complexity index is 704. The molecule has 1 aromatic heterocycles. The van der Waals surface area contributed by atoms with E-state index in [2.05, 4.69) is 25.8 Å². The van der Waals surface area contributed by atoms with Gasteiger partial charge < -0.3 is 4.74 Å². The summed E-state index contributed by atoms with van der Waals surface area (Å²) >= 11 is 0. The van der Waals surface area contributed by atoms with E-state index < -0.39 is 5.60 Å². The van der Waals surface area contributed by atoms with Gasteiger partial charge in [-0.25, -0.2) is 9.78 Å². The highest BCUT2D eigenvalue weighted by molar-refractivity contribution is 5.89. The van der Waals surface area contributed by atoms with Crippen LogP contribution in [0.2, 0.25) is 0 Å². The summed E-state index contributed by atoms with van der Waals surface area (Å²) in [5, 5.41) is 0. The second-order valence-electron chi connectivity index (χ2n) is 7.21. The molecule has 1 aromatic carbocycles. The third kappa shape index (κ3) is 2.81. The van der Waals surface area contributed by atoms with E-state index in [0.29, 0.717) is 12.4 Å². The minimum Gasteiger partial charge on any atom is -0.440 e. The third-order valence-electron chi connectivity index (χ3n) is 4.71. The van der Waals surface area contributed by atoms with Crippen LogP contribution in [0, 0.1) is 5.41 Å². The van der Waals surface area contributed by atoms with Crippen molar-refractivity contribution < 1.29 is 9.53 Å². The molecule has 3 rings (SSSR count).